The Morgan fingerprint density at radius 1 is 1.27 bits per heavy atom. The van der Waals surface area contributed by atoms with Crippen molar-refractivity contribution in [2.75, 3.05) is 19.8 Å². The van der Waals surface area contributed by atoms with Crippen LogP contribution in [0.4, 0.5) is 13.2 Å². The van der Waals surface area contributed by atoms with Crippen molar-refractivity contribution in [2.45, 2.75) is 24.1 Å². The van der Waals surface area contributed by atoms with Crippen LogP contribution < -0.4 is 9.46 Å². The molecule has 1 aromatic rings. The van der Waals surface area contributed by atoms with Crippen LogP contribution in [-0.2, 0) is 14.8 Å². The van der Waals surface area contributed by atoms with Crippen LogP contribution in [0.2, 0.25) is 0 Å². The second kappa shape index (κ2) is 6.84. The first kappa shape index (κ1) is 17.0. The topological polar surface area (TPSA) is 64.6 Å². The van der Waals surface area contributed by atoms with Gasteiger partial charge in [0, 0.05) is 13.2 Å². The summed E-state index contributed by atoms with van der Waals surface area (Å²) in [5, 5.41) is 0. The minimum Gasteiger partial charge on any atom is -0.406 e. The van der Waals surface area contributed by atoms with Crippen LogP contribution in [0.5, 0.6) is 5.75 Å². The summed E-state index contributed by atoms with van der Waals surface area (Å²) in [6.45, 7) is 1.42. The van der Waals surface area contributed by atoms with E-state index in [1.807, 2.05) is 0 Å². The molecule has 124 valence electrons. The second-order valence-electron chi connectivity index (χ2n) is 4.95. The molecule has 0 aromatic heterocycles. The van der Waals surface area contributed by atoms with E-state index < -0.39 is 22.1 Å². The van der Waals surface area contributed by atoms with Crippen molar-refractivity contribution in [2.24, 2.45) is 5.92 Å². The normalized spacial score (nSPS) is 19.9. The molecule has 0 spiro atoms. The minimum absolute atomic E-state index is 0.108. The molecule has 1 atom stereocenters. The van der Waals surface area contributed by atoms with E-state index in [0.29, 0.717) is 13.2 Å². The highest BCUT2D eigenvalue weighted by Crippen LogP contribution is 2.24. The number of ether oxygens (including phenoxy) is 2. The van der Waals surface area contributed by atoms with Gasteiger partial charge in [-0.2, -0.15) is 0 Å². The molecule has 1 aliphatic rings. The first-order valence-corrected chi connectivity index (χ1v) is 8.18. The summed E-state index contributed by atoms with van der Waals surface area (Å²) in [7, 11) is -3.76. The number of alkyl halides is 3. The minimum atomic E-state index is -4.81. The Kier molecular flexibility index (Phi) is 5.30. The fourth-order valence-corrected chi connectivity index (χ4v) is 3.22. The lowest BCUT2D eigenvalue weighted by atomic mass is 10.0. The van der Waals surface area contributed by atoms with Gasteiger partial charge in [0.1, 0.15) is 5.75 Å². The zero-order valence-corrected chi connectivity index (χ0v) is 12.4. The third-order valence-electron chi connectivity index (χ3n) is 3.18. The molecular formula is C13H16F3NO4S. The lowest BCUT2D eigenvalue weighted by Crippen LogP contribution is -2.33. The summed E-state index contributed by atoms with van der Waals surface area (Å²) in [6, 6.07) is 4.07. The van der Waals surface area contributed by atoms with E-state index in [4.69, 9.17) is 4.74 Å². The van der Waals surface area contributed by atoms with E-state index in [1.54, 1.807) is 0 Å². The monoisotopic (exact) mass is 339 g/mol. The lowest BCUT2D eigenvalue weighted by Gasteiger charge is -2.22. The average Bonchev–Trinajstić information content (AvgIpc) is 2.45. The number of hydrogen-bond acceptors (Lipinski definition) is 4. The van der Waals surface area contributed by atoms with E-state index in [9.17, 15) is 21.6 Å². The van der Waals surface area contributed by atoms with Gasteiger partial charge in [-0.25, -0.2) is 13.1 Å². The van der Waals surface area contributed by atoms with Gasteiger partial charge in [0.2, 0.25) is 10.0 Å². The van der Waals surface area contributed by atoms with Gasteiger partial charge in [0.25, 0.3) is 0 Å². The number of halogens is 3. The standard InChI is InChI=1S/C13H16F3NO4S/c14-13(15,16)21-11-3-5-12(6-4-11)22(18,19)17-8-10-2-1-7-20-9-10/h3-6,10,17H,1-2,7-9H2. The van der Waals surface area contributed by atoms with Crippen LogP contribution in [0.1, 0.15) is 12.8 Å². The zero-order chi connectivity index (χ0) is 16.2. The molecule has 0 bridgehead atoms. The van der Waals surface area contributed by atoms with Crippen LogP contribution in [-0.4, -0.2) is 34.5 Å². The van der Waals surface area contributed by atoms with Gasteiger partial charge in [-0.3, -0.25) is 0 Å². The van der Waals surface area contributed by atoms with Gasteiger partial charge < -0.3 is 9.47 Å². The van der Waals surface area contributed by atoms with Gasteiger partial charge >= 0.3 is 6.36 Å². The zero-order valence-electron chi connectivity index (χ0n) is 11.6. The smallest absolute Gasteiger partial charge is 0.406 e. The molecular weight excluding hydrogens is 323 g/mol. The highest BCUT2D eigenvalue weighted by Gasteiger charge is 2.31. The maximum absolute atomic E-state index is 12.1. The van der Waals surface area contributed by atoms with E-state index in [1.165, 1.54) is 0 Å². The molecule has 2 rings (SSSR count). The first-order valence-electron chi connectivity index (χ1n) is 6.69. The number of benzene rings is 1. The summed E-state index contributed by atoms with van der Waals surface area (Å²) in [5.41, 5.74) is 0. The number of rotatable bonds is 5. The van der Waals surface area contributed by atoms with Gasteiger partial charge in [-0.05, 0) is 43.0 Å². The van der Waals surface area contributed by atoms with E-state index in [2.05, 4.69) is 9.46 Å². The number of sulfonamides is 1. The van der Waals surface area contributed by atoms with Gasteiger partial charge in [0.15, 0.2) is 0 Å². The average molecular weight is 339 g/mol. The summed E-state index contributed by atoms with van der Waals surface area (Å²) in [5.74, 6) is -0.358. The van der Waals surface area contributed by atoms with Crippen molar-refractivity contribution in [1.29, 1.82) is 0 Å². The molecule has 1 N–H and O–H groups in total. The molecule has 1 heterocycles. The van der Waals surface area contributed by atoms with Crippen molar-refractivity contribution in [3.63, 3.8) is 0 Å². The summed E-state index contributed by atoms with van der Waals surface area (Å²) in [4.78, 5) is -0.112. The first-order chi connectivity index (χ1) is 10.3. The fourth-order valence-electron chi connectivity index (χ4n) is 2.10. The Bertz CT molecular complexity index is 580. The molecule has 0 radical (unpaired) electrons. The molecule has 0 amide bonds. The largest absolute Gasteiger partial charge is 0.573 e. The highest BCUT2D eigenvalue weighted by molar-refractivity contribution is 7.89. The van der Waals surface area contributed by atoms with Crippen LogP contribution in [0.25, 0.3) is 0 Å². The quantitative estimate of drug-likeness (QED) is 0.894. The Morgan fingerprint density at radius 2 is 1.95 bits per heavy atom. The highest BCUT2D eigenvalue weighted by atomic mass is 32.2. The molecule has 1 unspecified atom stereocenters. The van der Waals surface area contributed by atoms with Crippen molar-refractivity contribution in [3.05, 3.63) is 24.3 Å². The summed E-state index contributed by atoms with van der Waals surface area (Å²) in [6.07, 6.45) is -3.05. The third-order valence-corrected chi connectivity index (χ3v) is 4.62. The predicted molar refractivity (Wildman–Crippen MR) is 71.9 cm³/mol. The van der Waals surface area contributed by atoms with Crippen molar-refractivity contribution in [3.8, 4) is 5.75 Å². The van der Waals surface area contributed by atoms with Gasteiger partial charge in [-0.15, -0.1) is 13.2 Å². The molecule has 1 fully saturated rings. The molecule has 1 aliphatic heterocycles. The number of nitrogens with one attached hydrogen (secondary N) is 1. The predicted octanol–water partition coefficient (Wildman–Crippen LogP) is 2.29. The molecule has 22 heavy (non-hydrogen) atoms. The second-order valence-corrected chi connectivity index (χ2v) is 6.72. The molecule has 1 saturated heterocycles. The van der Waals surface area contributed by atoms with Crippen molar-refractivity contribution in [1.82, 2.24) is 4.72 Å². The molecule has 0 aliphatic carbocycles. The van der Waals surface area contributed by atoms with E-state index in [0.717, 1.165) is 37.1 Å². The Labute approximate surface area is 126 Å². The Morgan fingerprint density at radius 3 is 2.50 bits per heavy atom. The molecule has 0 saturated carbocycles. The third kappa shape index (κ3) is 5.15. The van der Waals surface area contributed by atoms with Crippen LogP contribution >= 0.6 is 0 Å². The summed E-state index contributed by atoms with van der Waals surface area (Å²) < 4.78 is 71.6. The molecule has 5 nitrogen and oxygen atoms in total. The Balaban J connectivity index is 1.96. The van der Waals surface area contributed by atoms with Crippen LogP contribution in [0.15, 0.2) is 29.2 Å². The molecule has 9 heteroatoms. The van der Waals surface area contributed by atoms with E-state index in [-0.39, 0.29) is 17.4 Å². The van der Waals surface area contributed by atoms with Crippen molar-refractivity contribution < 1.29 is 31.1 Å². The Hall–Kier alpha value is -1.32. The fraction of sp³-hybridized carbons (Fsp3) is 0.538. The van der Waals surface area contributed by atoms with Crippen LogP contribution in [0, 0.1) is 5.92 Å². The maximum Gasteiger partial charge on any atom is 0.573 e. The van der Waals surface area contributed by atoms with E-state index >= 15 is 0 Å². The summed E-state index contributed by atoms with van der Waals surface area (Å²) >= 11 is 0. The van der Waals surface area contributed by atoms with Gasteiger partial charge in [0.05, 0.1) is 11.5 Å². The maximum atomic E-state index is 12.1. The van der Waals surface area contributed by atoms with Crippen molar-refractivity contribution >= 4 is 10.0 Å². The van der Waals surface area contributed by atoms with Gasteiger partial charge in [-0.1, -0.05) is 0 Å². The van der Waals surface area contributed by atoms with Crippen LogP contribution in [0.3, 0.4) is 0 Å². The number of hydrogen-bond donors (Lipinski definition) is 1. The molecule has 1 aromatic carbocycles. The lowest BCUT2D eigenvalue weighted by molar-refractivity contribution is -0.274. The SMILES string of the molecule is O=S(=O)(NCC1CCCOC1)c1ccc(OC(F)(F)F)cc1.